The summed E-state index contributed by atoms with van der Waals surface area (Å²) in [6.07, 6.45) is -2.55. The fraction of sp³-hybridized carbons (Fsp3) is 0.385. The molecule has 8 heteroatoms. The van der Waals surface area contributed by atoms with Gasteiger partial charge in [-0.25, -0.2) is 13.6 Å². The molecule has 0 fully saturated rings. The number of primary amides is 1. The number of benzene rings is 1. The highest BCUT2D eigenvalue weighted by Gasteiger charge is 2.13. The number of halogens is 2. The van der Waals surface area contributed by atoms with Crippen molar-refractivity contribution in [3.8, 4) is 5.75 Å². The first-order chi connectivity index (χ1) is 9.88. The second-order valence-corrected chi connectivity index (χ2v) is 4.30. The molecule has 0 radical (unpaired) electrons. The molecule has 0 aliphatic carbocycles. The van der Waals surface area contributed by atoms with Gasteiger partial charge in [0.1, 0.15) is 18.4 Å². The molecule has 0 heterocycles. The highest BCUT2D eigenvalue weighted by Crippen LogP contribution is 2.14. The van der Waals surface area contributed by atoms with E-state index >= 15 is 0 Å². The average Bonchev–Trinajstić information content (AvgIpc) is 2.42. The van der Waals surface area contributed by atoms with E-state index in [2.05, 4.69) is 10.6 Å². The van der Waals surface area contributed by atoms with Crippen LogP contribution in [0.4, 0.5) is 13.6 Å². The molecule has 1 aromatic rings. The fourth-order valence-electron chi connectivity index (χ4n) is 1.53. The Kier molecular flexibility index (Phi) is 6.38. The second kappa shape index (κ2) is 8.03. The molecule has 0 saturated heterocycles. The van der Waals surface area contributed by atoms with Crippen LogP contribution in [0.5, 0.6) is 5.75 Å². The molecule has 1 aromatic carbocycles. The quantitative estimate of drug-likeness (QED) is 0.701. The number of nitrogens with one attached hydrogen (secondary N) is 2. The number of hydrogen-bond acceptors (Lipinski definition) is 3. The molecule has 0 bridgehead atoms. The van der Waals surface area contributed by atoms with Crippen LogP contribution in [0.25, 0.3) is 0 Å². The standard InChI is InChI=1S/C13H17F2N3O3/c1-8(18-13(16)20)12(19)17-6-9-3-2-4-10(5-9)21-7-11(14)15/h2-5,8,11H,6-7H2,1H3,(H,17,19)(H3,16,18,20). The van der Waals surface area contributed by atoms with Gasteiger partial charge < -0.3 is 21.1 Å². The van der Waals surface area contributed by atoms with E-state index in [-0.39, 0.29) is 6.54 Å². The number of alkyl halides is 2. The molecule has 0 aromatic heterocycles. The van der Waals surface area contributed by atoms with Crippen LogP contribution in [0.2, 0.25) is 0 Å². The Labute approximate surface area is 120 Å². The second-order valence-electron chi connectivity index (χ2n) is 4.30. The van der Waals surface area contributed by atoms with Crippen LogP contribution >= 0.6 is 0 Å². The van der Waals surface area contributed by atoms with Crippen molar-refractivity contribution in [1.29, 1.82) is 0 Å². The molecule has 1 unspecified atom stereocenters. The predicted molar refractivity (Wildman–Crippen MR) is 72.0 cm³/mol. The van der Waals surface area contributed by atoms with Crippen molar-refractivity contribution in [3.05, 3.63) is 29.8 Å². The van der Waals surface area contributed by atoms with Gasteiger partial charge in [0.05, 0.1) is 0 Å². The minimum absolute atomic E-state index is 0.176. The van der Waals surface area contributed by atoms with Crippen molar-refractivity contribution in [2.45, 2.75) is 25.9 Å². The Hall–Kier alpha value is -2.38. The Morgan fingerprint density at radius 2 is 2.10 bits per heavy atom. The number of urea groups is 1. The largest absolute Gasteiger partial charge is 0.488 e. The highest BCUT2D eigenvalue weighted by molar-refractivity contribution is 5.86. The van der Waals surface area contributed by atoms with E-state index in [1.54, 1.807) is 24.3 Å². The Morgan fingerprint density at radius 1 is 1.38 bits per heavy atom. The number of hydrogen-bond donors (Lipinski definition) is 3. The molecular formula is C13H17F2N3O3. The molecular weight excluding hydrogens is 284 g/mol. The lowest BCUT2D eigenvalue weighted by Gasteiger charge is -2.13. The number of rotatable bonds is 7. The molecule has 0 aliphatic rings. The van der Waals surface area contributed by atoms with E-state index in [9.17, 15) is 18.4 Å². The molecule has 116 valence electrons. The van der Waals surface area contributed by atoms with Crippen LogP contribution in [-0.4, -0.2) is 31.0 Å². The first kappa shape index (κ1) is 16.7. The van der Waals surface area contributed by atoms with Gasteiger partial charge in [0.15, 0.2) is 0 Å². The molecule has 0 spiro atoms. The summed E-state index contributed by atoms with van der Waals surface area (Å²) in [5.74, 6) is -0.113. The van der Waals surface area contributed by atoms with E-state index in [4.69, 9.17) is 10.5 Å². The zero-order valence-electron chi connectivity index (χ0n) is 11.4. The SMILES string of the molecule is CC(NC(N)=O)C(=O)NCc1cccc(OCC(F)F)c1. The third-order valence-corrected chi connectivity index (χ3v) is 2.49. The summed E-state index contributed by atoms with van der Waals surface area (Å²) in [6, 6.07) is 4.88. The molecule has 1 rings (SSSR count). The van der Waals surface area contributed by atoms with E-state index in [0.29, 0.717) is 11.3 Å². The first-order valence-electron chi connectivity index (χ1n) is 6.22. The number of ether oxygens (including phenoxy) is 1. The van der Waals surface area contributed by atoms with Gasteiger partial charge in [-0.15, -0.1) is 0 Å². The van der Waals surface area contributed by atoms with Crippen molar-refractivity contribution in [2.24, 2.45) is 5.73 Å². The van der Waals surface area contributed by atoms with Gasteiger partial charge in [-0.05, 0) is 24.6 Å². The zero-order valence-corrected chi connectivity index (χ0v) is 11.4. The number of carbonyl (C=O) groups excluding carboxylic acids is 2. The third kappa shape index (κ3) is 6.55. The summed E-state index contributed by atoms with van der Waals surface area (Å²) in [5, 5.41) is 4.82. The molecule has 6 nitrogen and oxygen atoms in total. The summed E-state index contributed by atoms with van der Waals surface area (Å²) in [5.41, 5.74) is 5.59. The first-order valence-corrected chi connectivity index (χ1v) is 6.22. The van der Waals surface area contributed by atoms with E-state index in [1.165, 1.54) is 6.92 Å². The number of carbonyl (C=O) groups is 2. The maximum Gasteiger partial charge on any atom is 0.312 e. The van der Waals surface area contributed by atoms with Crippen molar-refractivity contribution >= 4 is 11.9 Å². The average molecular weight is 301 g/mol. The smallest absolute Gasteiger partial charge is 0.312 e. The summed E-state index contributed by atoms with van der Waals surface area (Å²) in [4.78, 5) is 22.3. The van der Waals surface area contributed by atoms with Crippen LogP contribution < -0.4 is 21.1 Å². The van der Waals surface area contributed by atoms with Crippen molar-refractivity contribution in [2.75, 3.05) is 6.61 Å². The van der Waals surface area contributed by atoms with Gasteiger partial charge in [0.25, 0.3) is 6.43 Å². The number of nitrogens with two attached hydrogens (primary N) is 1. The molecule has 4 N–H and O–H groups in total. The molecule has 0 saturated carbocycles. The van der Waals surface area contributed by atoms with Crippen LogP contribution in [0.15, 0.2) is 24.3 Å². The minimum Gasteiger partial charge on any atom is -0.488 e. The van der Waals surface area contributed by atoms with Gasteiger partial charge in [0.2, 0.25) is 5.91 Å². The normalized spacial score (nSPS) is 11.8. The molecule has 0 aliphatic heterocycles. The van der Waals surface area contributed by atoms with Gasteiger partial charge in [0, 0.05) is 6.54 Å². The van der Waals surface area contributed by atoms with Crippen molar-refractivity contribution < 1.29 is 23.1 Å². The maximum atomic E-state index is 12.0. The van der Waals surface area contributed by atoms with E-state index < -0.39 is 31.0 Å². The monoisotopic (exact) mass is 301 g/mol. The molecule has 21 heavy (non-hydrogen) atoms. The van der Waals surface area contributed by atoms with E-state index in [1.807, 2.05) is 0 Å². The Bertz CT molecular complexity index is 497. The lowest BCUT2D eigenvalue weighted by Crippen LogP contribution is -2.46. The molecule has 3 amide bonds. The summed E-state index contributed by atoms with van der Waals surface area (Å²) in [7, 11) is 0. The van der Waals surface area contributed by atoms with Crippen LogP contribution in [0.1, 0.15) is 12.5 Å². The lowest BCUT2D eigenvalue weighted by molar-refractivity contribution is -0.122. The Balaban J connectivity index is 2.49. The van der Waals surface area contributed by atoms with Crippen LogP contribution in [0, 0.1) is 0 Å². The minimum atomic E-state index is -2.55. The topological polar surface area (TPSA) is 93.5 Å². The van der Waals surface area contributed by atoms with Crippen molar-refractivity contribution in [3.63, 3.8) is 0 Å². The van der Waals surface area contributed by atoms with Gasteiger partial charge >= 0.3 is 6.03 Å². The third-order valence-electron chi connectivity index (χ3n) is 2.49. The van der Waals surface area contributed by atoms with Crippen LogP contribution in [-0.2, 0) is 11.3 Å². The lowest BCUT2D eigenvalue weighted by atomic mass is 10.2. The fourth-order valence-corrected chi connectivity index (χ4v) is 1.53. The maximum absolute atomic E-state index is 12.0. The molecule has 1 atom stereocenters. The van der Waals surface area contributed by atoms with Crippen molar-refractivity contribution in [1.82, 2.24) is 10.6 Å². The summed E-state index contributed by atoms with van der Waals surface area (Å²) >= 11 is 0. The number of amides is 3. The summed E-state index contributed by atoms with van der Waals surface area (Å²) < 4.78 is 29.0. The highest BCUT2D eigenvalue weighted by atomic mass is 19.3. The van der Waals surface area contributed by atoms with E-state index in [0.717, 1.165) is 0 Å². The predicted octanol–water partition coefficient (Wildman–Crippen LogP) is 1.00. The van der Waals surface area contributed by atoms with Crippen LogP contribution in [0.3, 0.4) is 0 Å². The van der Waals surface area contributed by atoms with Gasteiger partial charge in [-0.1, -0.05) is 12.1 Å². The van der Waals surface area contributed by atoms with Gasteiger partial charge in [-0.3, -0.25) is 4.79 Å². The summed E-state index contributed by atoms with van der Waals surface area (Å²) in [6.45, 7) is 0.979. The Morgan fingerprint density at radius 3 is 2.71 bits per heavy atom. The zero-order chi connectivity index (χ0) is 15.8. The van der Waals surface area contributed by atoms with Gasteiger partial charge in [-0.2, -0.15) is 0 Å².